The second kappa shape index (κ2) is 5.48. The summed E-state index contributed by atoms with van der Waals surface area (Å²) in [7, 11) is 0. The molecule has 18 heavy (non-hydrogen) atoms. The first-order valence-corrected chi connectivity index (χ1v) is 6.21. The maximum atomic E-state index is 12.1. The lowest BCUT2D eigenvalue weighted by atomic mass is 10.0. The minimum Gasteiger partial charge on any atom is -0.348 e. The Kier molecular flexibility index (Phi) is 3.96. The van der Waals surface area contributed by atoms with E-state index in [2.05, 4.69) is 16.2 Å². The molecular weight excluding hydrogens is 228 g/mol. The lowest BCUT2D eigenvalue weighted by Crippen LogP contribution is -2.49. The van der Waals surface area contributed by atoms with Crippen LogP contribution < -0.4 is 21.9 Å². The van der Waals surface area contributed by atoms with E-state index < -0.39 is 6.04 Å². The second-order valence-electron chi connectivity index (χ2n) is 4.79. The molecule has 5 N–H and O–H groups in total. The predicted molar refractivity (Wildman–Crippen MR) is 70.5 cm³/mol. The fourth-order valence-corrected chi connectivity index (χ4v) is 2.19. The molecule has 0 radical (unpaired) electrons. The summed E-state index contributed by atoms with van der Waals surface area (Å²) < 4.78 is 0. The zero-order valence-corrected chi connectivity index (χ0v) is 10.7. The standard InChI is InChI=1S/C13H20N4O/c1-8-12(9(2)17-16-8)15-13(18)11(14)10-6-4-3-5-7-10/h3-9,11-12,16-17H,14H2,1-2H3,(H,15,18)/t8?,9?,11-,12?/m0/s1. The van der Waals surface area contributed by atoms with Crippen molar-refractivity contribution in [2.75, 3.05) is 0 Å². The molecule has 2 rings (SSSR count). The number of nitrogens with two attached hydrogens (primary N) is 1. The molecule has 1 aromatic rings. The van der Waals surface area contributed by atoms with Crippen LogP contribution in [0.3, 0.4) is 0 Å². The van der Waals surface area contributed by atoms with Crippen molar-refractivity contribution >= 4 is 5.91 Å². The highest BCUT2D eigenvalue weighted by Crippen LogP contribution is 2.12. The van der Waals surface area contributed by atoms with Crippen molar-refractivity contribution in [1.29, 1.82) is 0 Å². The van der Waals surface area contributed by atoms with E-state index in [4.69, 9.17) is 5.73 Å². The average Bonchev–Trinajstić information content (AvgIpc) is 2.70. The van der Waals surface area contributed by atoms with Gasteiger partial charge >= 0.3 is 0 Å². The molecule has 0 bridgehead atoms. The average molecular weight is 248 g/mol. The Bertz CT molecular complexity index is 399. The zero-order chi connectivity index (χ0) is 13.1. The summed E-state index contributed by atoms with van der Waals surface area (Å²) in [5.74, 6) is -0.143. The first-order valence-electron chi connectivity index (χ1n) is 6.21. The van der Waals surface area contributed by atoms with Crippen molar-refractivity contribution in [3.8, 4) is 0 Å². The summed E-state index contributed by atoms with van der Waals surface area (Å²) >= 11 is 0. The number of hydrazine groups is 1. The van der Waals surface area contributed by atoms with E-state index in [1.165, 1.54) is 0 Å². The van der Waals surface area contributed by atoms with Gasteiger partial charge < -0.3 is 11.1 Å². The molecule has 1 aliphatic rings. The summed E-state index contributed by atoms with van der Waals surface area (Å²) in [4.78, 5) is 12.1. The van der Waals surface area contributed by atoms with E-state index in [1.807, 2.05) is 44.2 Å². The van der Waals surface area contributed by atoms with E-state index in [0.717, 1.165) is 5.56 Å². The molecule has 3 atom stereocenters. The predicted octanol–water partition coefficient (Wildman–Crippen LogP) is 0.0560. The van der Waals surface area contributed by atoms with Gasteiger partial charge in [-0.3, -0.25) is 15.6 Å². The number of hydrogen-bond acceptors (Lipinski definition) is 4. The highest BCUT2D eigenvalue weighted by atomic mass is 16.2. The number of hydrogen-bond donors (Lipinski definition) is 4. The first-order chi connectivity index (χ1) is 8.59. The Hall–Kier alpha value is -1.43. The van der Waals surface area contributed by atoms with Crippen molar-refractivity contribution in [2.24, 2.45) is 5.73 Å². The highest BCUT2D eigenvalue weighted by Gasteiger charge is 2.32. The van der Waals surface area contributed by atoms with Crippen molar-refractivity contribution in [3.05, 3.63) is 35.9 Å². The van der Waals surface area contributed by atoms with Gasteiger partial charge in [0.2, 0.25) is 5.91 Å². The van der Waals surface area contributed by atoms with E-state index in [9.17, 15) is 4.79 Å². The van der Waals surface area contributed by atoms with Crippen molar-refractivity contribution in [3.63, 3.8) is 0 Å². The monoisotopic (exact) mass is 248 g/mol. The molecule has 5 nitrogen and oxygen atoms in total. The fourth-order valence-electron chi connectivity index (χ4n) is 2.19. The van der Waals surface area contributed by atoms with Gasteiger partial charge in [-0.2, -0.15) is 0 Å². The fraction of sp³-hybridized carbons (Fsp3) is 0.462. The highest BCUT2D eigenvalue weighted by molar-refractivity contribution is 5.83. The van der Waals surface area contributed by atoms with Gasteiger partial charge in [-0.15, -0.1) is 0 Å². The molecular formula is C13H20N4O. The van der Waals surface area contributed by atoms with Gasteiger partial charge in [0.1, 0.15) is 6.04 Å². The molecule has 1 amide bonds. The summed E-state index contributed by atoms with van der Waals surface area (Å²) in [6.07, 6.45) is 0. The lowest BCUT2D eigenvalue weighted by molar-refractivity contribution is -0.123. The number of amides is 1. The molecule has 1 saturated heterocycles. The van der Waals surface area contributed by atoms with Gasteiger partial charge in [0, 0.05) is 12.1 Å². The third-order valence-electron chi connectivity index (χ3n) is 3.37. The molecule has 1 aliphatic heterocycles. The van der Waals surface area contributed by atoms with Crippen molar-refractivity contribution in [1.82, 2.24) is 16.2 Å². The summed E-state index contributed by atoms with van der Waals surface area (Å²) in [6, 6.07) is 9.20. The SMILES string of the molecule is CC1NNC(C)C1NC(=O)[C@@H](N)c1ccccc1. The molecule has 0 saturated carbocycles. The number of carbonyl (C=O) groups excluding carboxylic acids is 1. The van der Waals surface area contributed by atoms with Crippen LogP contribution in [0.25, 0.3) is 0 Å². The van der Waals surface area contributed by atoms with Crippen molar-refractivity contribution in [2.45, 2.75) is 38.0 Å². The van der Waals surface area contributed by atoms with Crippen LogP contribution >= 0.6 is 0 Å². The van der Waals surface area contributed by atoms with E-state index >= 15 is 0 Å². The Morgan fingerprint density at radius 3 is 2.33 bits per heavy atom. The van der Waals surface area contributed by atoms with E-state index in [-0.39, 0.29) is 24.0 Å². The lowest BCUT2D eigenvalue weighted by Gasteiger charge is -2.22. The quantitative estimate of drug-likeness (QED) is 0.610. The molecule has 2 unspecified atom stereocenters. The van der Waals surface area contributed by atoms with Crippen LogP contribution in [-0.4, -0.2) is 24.0 Å². The van der Waals surface area contributed by atoms with Gasteiger partial charge in [0.25, 0.3) is 0 Å². The third-order valence-corrected chi connectivity index (χ3v) is 3.37. The van der Waals surface area contributed by atoms with Crippen LogP contribution in [0, 0.1) is 0 Å². The largest absolute Gasteiger partial charge is 0.348 e. The summed E-state index contributed by atoms with van der Waals surface area (Å²) in [6.45, 7) is 4.05. The third kappa shape index (κ3) is 2.69. The van der Waals surface area contributed by atoms with E-state index in [0.29, 0.717) is 0 Å². The minimum absolute atomic E-state index is 0.0484. The molecule has 0 aliphatic carbocycles. The topological polar surface area (TPSA) is 79.2 Å². The normalized spacial score (nSPS) is 28.9. The smallest absolute Gasteiger partial charge is 0.241 e. The Labute approximate surface area is 107 Å². The molecule has 1 aromatic carbocycles. The van der Waals surface area contributed by atoms with Gasteiger partial charge in [0.05, 0.1) is 6.04 Å². The van der Waals surface area contributed by atoms with Crippen LogP contribution in [0.5, 0.6) is 0 Å². The maximum absolute atomic E-state index is 12.1. The summed E-state index contributed by atoms with van der Waals surface area (Å²) in [5.41, 5.74) is 13.0. The Morgan fingerprint density at radius 2 is 1.78 bits per heavy atom. The first kappa shape index (κ1) is 13.0. The zero-order valence-electron chi connectivity index (χ0n) is 10.7. The second-order valence-corrected chi connectivity index (χ2v) is 4.79. The number of nitrogens with one attached hydrogen (secondary N) is 3. The molecule has 98 valence electrons. The van der Waals surface area contributed by atoms with Gasteiger partial charge in [-0.1, -0.05) is 30.3 Å². The van der Waals surface area contributed by atoms with E-state index in [1.54, 1.807) is 0 Å². The summed E-state index contributed by atoms with van der Waals surface area (Å²) in [5, 5.41) is 2.99. The van der Waals surface area contributed by atoms with Crippen LogP contribution in [0.4, 0.5) is 0 Å². The number of carbonyl (C=O) groups is 1. The molecule has 0 spiro atoms. The van der Waals surface area contributed by atoms with Crippen LogP contribution in [0.2, 0.25) is 0 Å². The minimum atomic E-state index is -0.619. The molecule has 5 heteroatoms. The molecule has 1 heterocycles. The van der Waals surface area contributed by atoms with Gasteiger partial charge in [-0.05, 0) is 19.4 Å². The van der Waals surface area contributed by atoms with Gasteiger partial charge in [0.15, 0.2) is 0 Å². The van der Waals surface area contributed by atoms with Gasteiger partial charge in [-0.25, -0.2) is 0 Å². The molecule has 0 aromatic heterocycles. The van der Waals surface area contributed by atoms with Crippen molar-refractivity contribution < 1.29 is 4.79 Å². The van der Waals surface area contributed by atoms with Crippen LogP contribution in [0.1, 0.15) is 25.5 Å². The number of benzene rings is 1. The Morgan fingerprint density at radius 1 is 1.22 bits per heavy atom. The number of rotatable bonds is 3. The maximum Gasteiger partial charge on any atom is 0.241 e. The van der Waals surface area contributed by atoms with Crippen LogP contribution in [0.15, 0.2) is 30.3 Å². The Balaban J connectivity index is 2.00. The van der Waals surface area contributed by atoms with Crippen LogP contribution in [-0.2, 0) is 4.79 Å². The molecule has 1 fully saturated rings.